The molecule has 3 aliphatic rings. The van der Waals surface area contributed by atoms with Gasteiger partial charge in [0.05, 0.1) is 25.0 Å². The second-order valence-corrected chi connectivity index (χ2v) is 8.37. The van der Waals surface area contributed by atoms with Crippen LogP contribution in [-0.4, -0.2) is 94.2 Å². The largest absolute Gasteiger partial charge is 0.391 e. The molecular weight excluding hydrogens is 330 g/mol. The number of hydrogen-bond acceptors (Lipinski definition) is 5. The average molecular weight is 361 g/mol. The molecule has 1 aromatic rings. The van der Waals surface area contributed by atoms with Crippen LogP contribution in [0.1, 0.15) is 25.3 Å². The second kappa shape index (κ2) is 7.66. The maximum atomic E-state index is 12.8. The summed E-state index contributed by atoms with van der Waals surface area (Å²) < 4.78 is 2.03. The Bertz CT molecular complexity index is 607. The molecule has 0 bridgehead atoms. The Hall–Kier alpha value is -1.44. The molecule has 26 heavy (non-hydrogen) atoms. The Morgan fingerprint density at radius 3 is 2.73 bits per heavy atom. The lowest BCUT2D eigenvalue weighted by Crippen LogP contribution is -2.40. The van der Waals surface area contributed by atoms with Crippen LogP contribution in [-0.2, 0) is 4.79 Å². The van der Waals surface area contributed by atoms with Crippen LogP contribution in [0.15, 0.2) is 18.7 Å². The first-order valence-corrected chi connectivity index (χ1v) is 9.94. The molecule has 3 heterocycles. The Kier molecular flexibility index (Phi) is 5.29. The number of rotatable bonds is 3. The van der Waals surface area contributed by atoms with E-state index in [0.29, 0.717) is 18.4 Å². The van der Waals surface area contributed by atoms with Crippen LogP contribution in [0, 0.1) is 11.8 Å². The second-order valence-electron chi connectivity index (χ2n) is 8.37. The first-order chi connectivity index (χ1) is 12.6. The van der Waals surface area contributed by atoms with Crippen LogP contribution in [0.2, 0.25) is 0 Å². The minimum absolute atomic E-state index is 0.0925. The van der Waals surface area contributed by atoms with E-state index in [2.05, 4.69) is 21.8 Å². The molecule has 0 radical (unpaired) electrons. The van der Waals surface area contributed by atoms with Gasteiger partial charge in [-0.1, -0.05) is 0 Å². The number of imidazole rings is 1. The molecule has 3 fully saturated rings. The lowest BCUT2D eigenvalue weighted by atomic mass is 9.77. The zero-order valence-electron chi connectivity index (χ0n) is 15.7. The number of aromatic nitrogens is 2. The molecule has 4 atom stereocenters. The van der Waals surface area contributed by atoms with Crippen LogP contribution in [0.3, 0.4) is 0 Å². The molecule has 0 spiro atoms. The molecule has 2 saturated heterocycles. The molecule has 1 N–H and O–H groups in total. The molecular formula is C19H31N5O2. The number of aliphatic hydroxyl groups excluding tert-OH is 1. The number of hydrogen-bond donors (Lipinski definition) is 1. The minimum Gasteiger partial charge on any atom is -0.391 e. The molecule has 1 saturated carbocycles. The zero-order chi connectivity index (χ0) is 18.1. The van der Waals surface area contributed by atoms with Gasteiger partial charge in [0.25, 0.3) is 0 Å². The molecule has 1 aliphatic carbocycles. The SMILES string of the molecule is CN1CCCN(CC(=O)N2C[C@H]3C[C@@H](n4ccnc4)[C@H](O)C[C@H]3C2)CC1. The van der Waals surface area contributed by atoms with E-state index in [1.165, 1.54) is 0 Å². The standard InChI is InChI=1S/C19H31N5O2/c1-21-4-2-5-22(8-7-21)13-19(26)24-11-15-9-17(23-6-3-20-14-23)18(25)10-16(15)12-24/h3,6,14-18,25H,2,4-5,7-13H2,1H3/t15-,16+,17-,18-/m1/s1. The molecule has 7 nitrogen and oxygen atoms in total. The van der Waals surface area contributed by atoms with Crippen molar-refractivity contribution in [3.8, 4) is 0 Å². The average Bonchev–Trinajstić information content (AvgIpc) is 3.23. The lowest BCUT2D eigenvalue weighted by molar-refractivity contribution is -0.131. The highest BCUT2D eigenvalue weighted by atomic mass is 16.3. The third-order valence-electron chi connectivity index (χ3n) is 6.54. The lowest BCUT2D eigenvalue weighted by Gasteiger charge is -2.35. The Morgan fingerprint density at radius 2 is 1.96 bits per heavy atom. The topological polar surface area (TPSA) is 64.8 Å². The number of likely N-dealkylation sites (N-methyl/N-ethyl adjacent to an activating group) is 1. The number of aliphatic hydroxyl groups is 1. The number of nitrogens with zero attached hydrogens (tertiary/aromatic N) is 5. The van der Waals surface area contributed by atoms with E-state index in [9.17, 15) is 9.90 Å². The highest BCUT2D eigenvalue weighted by Crippen LogP contribution is 2.41. The van der Waals surface area contributed by atoms with Gasteiger partial charge in [-0.2, -0.15) is 0 Å². The van der Waals surface area contributed by atoms with Crippen LogP contribution in [0.5, 0.6) is 0 Å². The van der Waals surface area contributed by atoms with Crippen molar-refractivity contribution in [2.24, 2.45) is 11.8 Å². The molecule has 0 aromatic carbocycles. The van der Waals surface area contributed by atoms with Gasteiger partial charge in [-0.05, 0) is 51.2 Å². The Morgan fingerprint density at radius 1 is 1.15 bits per heavy atom. The summed E-state index contributed by atoms with van der Waals surface area (Å²) in [5.74, 6) is 1.19. The highest BCUT2D eigenvalue weighted by Gasteiger charge is 2.43. The quantitative estimate of drug-likeness (QED) is 0.838. The molecule has 7 heteroatoms. The van der Waals surface area contributed by atoms with E-state index in [0.717, 1.165) is 58.5 Å². The summed E-state index contributed by atoms with van der Waals surface area (Å²) in [6.45, 7) is 6.34. The van der Waals surface area contributed by atoms with Gasteiger partial charge in [0.15, 0.2) is 0 Å². The van der Waals surface area contributed by atoms with Crippen molar-refractivity contribution in [1.82, 2.24) is 24.3 Å². The Balaban J connectivity index is 1.33. The number of likely N-dealkylation sites (tertiary alicyclic amines) is 1. The fraction of sp³-hybridized carbons (Fsp3) is 0.789. The van der Waals surface area contributed by atoms with Crippen molar-refractivity contribution < 1.29 is 9.90 Å². The van der Waals surface area contributed by atoms with E-state index in [1.807, 2.05) is 15.7 Å². The third-order valence-corrected chi connectivity index (χ3v) is 6.54. The normalized spacial score (nSPS) is 33.8. The van der Waals surface area contributed by atoms with Gasteiger partial charge in [0, 0.05) is 38.6 Å². The van der Waals surface area contributed by atoms with Gasteiger partial charge in [0.2, 0.25) is 5.91 Å². The smallest absolute Gasteiger partial charge is 0.236 e. The molecule has 4 rings (SSSR count). The van der Waals surface area contributed by atoms with Crippen molar-refractivity contribution in [2.75, 3.05) is 52.9 Å². The van der Waals surface area contributed by atoms with Gasteiger partial charge >= 0.3 is 0 Å². The van der Waals surface area contributed by atoms with Crippen molar-refractivity contribution >= 4 is 5.91 Å². The van der Waals surface area contributed by atoms with E-state index >= 15 is 0 Å². The summed E-state index contributed by atoms with van der Waals surface area (Å²) in [5, 5.41) is 10.6. The predicted octanol–water partition coefficient (Wildman–Crippen LogP) is 0.291. The van der Waals surface area contributed by atoms with E-state index in [1.54, 1.807) is 12.5 Å². The van der Waals surface area contributed by atoms with Gasteiger partial charge in [-0.15, -0.1) is 0 Å². The molecule has 0 unspecified atom stereocenters. The number of amides is 1. The van der Waals surface area contributed by atoms with Crippen molar-refractivity contribution in [3.05, 3.63) is 18.7 Å². The van der Waals surface area contributed by atoms with Crippen molar-refractivity contribution in [1.29, 1.82) is 0 Å². The summed E-state index contributed by atoms with van der Waals surface area (Å²) in [4.78, 5) is 23.6. The van der Waals surface area contributed by atoms with Gasteiger partial charge in [0.1, 0.15) is 0 Å². The van der Waals surface area contributed by atoms with Crippen LogP contribution in [0.4, 0.5) is 0 Å². The number of carbonyl (C=O) groups excluding carboxylic acids is 1. The van der Waals surface area contributed by atoms with Crippen LogP contribution >= 0.6 is 0 Å². The summed E-state index contributed by atoms with van der Waals surface area (Å²) in [6.07, 6.45) is 7.99. The third kappa shape index (κ3) is 3.80. The van der Waals surface area contributed by atoms with Crippen molar-refractivity contribution in [3.63, 3.8) is 0 Å². The summed E-state index contributed by atoms with van der Waals surface area (Å²) in [7, 11) is 2.15. The highest BCUT2D eigenvalue weighted by molar-refractivity contribution is 5.78. The predicted molar refractivity (Wildman–Crippen MR) is 98.6 cm³/mol. The fourth-order valence-corrected chi connectivity index (χ4v) is 4.95. The molecule has 1 amide bonds. The summed E-state index contributed by atoms with van der Waals surface area (Å²) in [6, 6.07) is 0.0925. The van der Waals surface area contributed by atoms with Crippen LogP contribution in [0.25, 0.3) is 0 Å². The molecule has 144 valence electrons. The van der Waals surface area contributed by atoms with E-state index < -0.39 is 0 Å². The summed E-state index contributed by atoms with van der Waals surface area (Å²) in [5.41, 5.74) is 0. The summed E-state index contributed by atoms with van der Waals surface area (Å²) >= 11 is 0. The number of carbonyl (C=O) groups is 1. The zero-order valence-corrected chi connectivity index (χ0v) is 15.7. The van der Waals surface area contributed by atoms with Gasteiger partial charge in [-0.3, -0.25) is 9.69 Å². The van der Waals surface area contributed by atoms with Crippen LogP contribution < -0.4 is 0 Å². The van der Waals surface area contributed by atoms with Gasteiger partial charge in [-0.25, -0.2) is 4.98 Å². The van der Waals surface area contributed by atoms with E-state index in [-0.39, 0.29) is 18.1 Å². The van der Waals surface area contributed by atoms with Gasteiger partial charge < -0.3 is 19.5 Å². The monoisotopic (exact) mass is 361 g/mol. The maximum Gasteiger partial charge on any atom is 0.236 e. The van der Waals surface area contributed by atoms with E-state index in [4.69, 9.17) is 0 Å². The molecule has 2 aliphatic heterocycles. The molecule has 1 aromatic heterocycles. The fourth-order valence-electron chi connectivity index (χ4n) is 4.95. The van der Waals surface area contributed by atoms with Crippen molar-refractivity contribution in [2.45, 2.75) is 31.4 Å². The minimum atomic E-state index is -0.346. The Labute approximate surface area is 155 Å². The first-order valence-electron chi connectivity index (χ1n) is 9.94. The first kappa shape index (κ1) is 17.9. The number of fused-ring (bicyclic) bond motifs is 1. The maximum absolute atomic E-state index is 12.8.